The molecule has 1 fully saturated rings. The van der Waals surface area contributed by atoms with Gasteiger partial charge in [-0.15, -0.1) is 0 Å². The number of piperidine rings is 1. The highest BCUT2D eigenvalue weighted by atomic mass is 16.4. The van der Waals surface area contributed by atoms with Gasteiger partial charge in [0.15, 0.2) is 0 Å². The molecule has 2 aromatic rings. The van der Waals surface area contributed by atoms with Crippen LogP contribution in [0.4, 0.5) is 4.79 Å². The molecule has 1 aromatic heterocycles. The van der Waals surface area contributed by atoms with Crippen molar-refractivity contribution >= 4 is 12.0 Å². The van der Waals surface area contributed by atoms with Gasteiger partial charge in [0.2, 0.25) is 0 Å². The number of urea groups is 1. The quantitative estimate of drug-likeness (QED) is 0.877. The summed E-state index contributed by atoms with van der Waals surface area (Å²) in [6.07, 6.45) is 3.68. The average Bonchev–Trinajstić information content (AvgIpc) is 3.14. The van der Waals surface area contributed by atoms with Crippen molar-refractivity contribution in [1.82, 2.24) is 25.0 Å². The Morgan fingerprint density at radius 3 is 2.92 bits per heavy atom. The lowest BCUT2D eigenvalue weighted by atomic mass is 9.91. The van der Waals surface area contributed by atoms with Crippen LogP contribution in [0, 0.1) is 11.8 Å². The second-order valence-electron chi connectivity index (χ2n) is 6.45. The Morgan fingerprint density at radius 1 is 1.36 bits per heavy atom. The average molecular weight is 343 g/mol. The Morgan fingerprint density at radius 2 is 2.20 bits per heavy atom. The van der Waals surface area contributed by atoms with Gasteiger partial charge in [-0.1, -0.05) is 19.1 Å². The van der Waals surface area contributed by atoms with Crippen LogP contribution in [0.5, 0.6) is 0 Å². The summed E-state index contributed by atoms with van der Waals surface area (Å²) in [7, 11) is 0. The fourth-order valence-electron chi connectivity index (χ4n) is 3.14. The van der Waals surface area contributed by atoms with Crippen molar-refractivity contribution < 1.29 is 14.7 Å². The molecule has 3 rings (SSSR count). The summed E-state index contributed by atoms with van der Waals surface area (Å²) < 4.78 is 1.65. The van der Waals surface area contributed by atoms with Gasteiger partial charge in [-0.3, -0.25) is 4.79 Å². The molecule has 8 heteroatoms. The Balaban J connectivity index is 1.60. The number of aliphatic carboxylic acids is 1. The number of rotatable bonds is 4. The summed E-state index contributed by atoms with van der Waals surface area (Å²) in [5, 5.41) is 16.2. The van der Waals surface area contributed by atoms with E-state index in [1.165, 1.54) is 6.33 Å². The molecule has 1 aliphatic heterocycles. The smallest absolute Gasteiger partial charge is 0.317 e. The first-order chi connectivity index (χ1) is 12.0. The van der Waals surface area contributed by atoms with Gasteiger partial charge in [0.25, 0.3) is 0 Å². The largest absolute Gasteiger partial charge is 0.481 e. The molecule has 132 valence electrons. The second-order valence-corrected chi connectivity index (χ2v) is 6.45. The van der Waals surface area contributed by atoms with Crippen molar-refractivity contribution in [1.29, 1.82) is 0 Å². The van der Waals surface area contributed by atoms with Crippen molar-refractivity contribution in [2.75, 3.05) is 13.1 Å². The van der Waals surface area contributed by atoms with E-state index in [0.717, 1.165) is 11.3 Å². The molecule has 2 N–H and O–H groups in total. The number of nitrogens with zero attached hydrogens (tertiary/aromatic N) is 4. The maximum absolute atomic E-state index is 12.4. The van der Waals surface area contributed by atoms with E-state index in [1.807, 2.05) is 31.2 Å². The van der Waals surface area contributed by atoms with Crippen LogP contribution in [0.3, 0.4) is 0 Å². The molecule has 0 saturated carbocycles. The maximum Gasteiger partial charge on any atom is 0.317 e. The zero-order chi connectivity index (χ0) is 17.8. The number of carbonyl (C=O) groups is 2. The van der Waals surface area contributed by atoms with E-state index in [0.29, 0.717) is 19.5 Å². The number of hydrogen-bond acceptors (Lipinski definition) is 4. The third-order valence-corrected chi connectivity index (χ3v) is 4.33. The van der Waals surface area contributed by atoms with Gasteiger partial charge in [0.05, 0.1) is 11.6 Å². The molecule has 0 radical (unpaired) electrons. The van der Waals surface area contributed by atoms with E-state index >= 15 is 0 Å². The van der Waals surface area contributed by atoms with Gasteiger partial charge >= 0.3 is 12.0 Å². The number of carbonyl (C=O) groups excluding carboxylic acids is 1. The maximum atomic E-state index is 12.4. The number of benzene rings is 1. The predicted molar refractivity (Wildman–Crippen MR) is 90.1 cm³/mol. The fourth-order valence-corrected chi connectivity index (χ4v) is 3.14. The Labute approximate surface area is 145 Å². The van der Waals surface area contributed by atoms with Gasteiger partial charge in [-0.2, -0.15) is 5.10 Å². The molecule has 1 aromatic carbocycles. The monoisotopic (exact) mass is 343 g/mol. The Hall–Kier alpha value is -2.90. The highest BCUT2D eigenvalue weighted by Gasteiger charge is 2.31. The summed E-state index contributed by atoms with van der Waals surface area (Å²) in [6, 6.07) is 7.41. The molecular weight excluding hydrogens is 322 g/mol. The van der Waals surface area contributed by atoms with Crippen LogP contribution in [0.2, 0.25) is 0 Å². The van der Waals surface area contributed by atoms with Gasteiger partial charge < -0.3 is 15.3 Å². The topological polar surface area (TPSA) is 100 Å². The minimum atomic E-state index is -0.843. The second kappa shape index (κ2) is 7.33. The molecule has 2 atom stereocenters. The molecule has 0 bridgehead atoms. The molecule has 0 spiro atoms. The fraction of sp³-hybridized carbons (Fsp3) is 0.412. The van der Waals surface area contributed by atoms with Gasteiger partial charge in [0, 0.05) is 19.6 Å². The first-order valence-corrected chi connectivity index (χ1v) is 8.22. The SMILES string of the molecule is CC1CC(C(=O)O)CN(C(=O)NCc2cccc(-n3cncn3)c2)C1. The van der Waals surface area contributed by atoms with Crippen LogP contribution < -0.4 is 5.32 Å². The van der Waals surface area contributed by atoms with Crippen molar-refractivity contribution in [2.45, 2.75) is 19.9 Å². The van der Waals surface area contributed by atoms with Crippen LogP contribution in [-0.4, -0.2) is 49.9 Å². The van der Waals surface area contributed by atoms with E-state index in [4.69, 9.17) is 0 Å². The van der Waals surface area contributed by atoms with Crippen LogP contribution in [0.15, 0.2) is 36.9 Å². The van der Waals surface area contributed by atoms with Gasteiger partial charge in [0.1, 0.15) is 12.7 Å². The number of carboxylic acid groups (broad SMARTS) is 1. The van der Waals surface area contributed by atoms with E-state index in [1.54, 1.807) is 15.9 Å². The number of amides is 2. The van der Waals surface area contributed by atoms with Crippen LogP contribution in [0.25, 0.3) is 5.69 Å². The lowest BCUT2D eigenvalue weighted by molar-refractivity contribution is -0.143. The van der Waals surface area contributed by atoms with E-state index < -0.39 is 11.9 Å². The molecule has 2 heterocycles. The Kier molecular flexibility index (Phi) is 4.97. The molecule has 8 nitrogen and oxygen atoms in total. The summed E-state index contributed by atoms with van der Waals surface area (Å²) >= 11 is 0. The summed E-state index contributed by atoms with van der Waals surface area (Å²) in [5.41, 5.74) is 1.79. The highest BCUT2D eigenvalue weighted by Crippen LogP contribution is 2.21. The van der Waals surface area contributed by atoms with Gasteiger partial charge in [-0.05, 0) is 30.0 Å². The summed E-state index contributed by atoms with van der Waals surface area (Å²) in [6.45, 7) is 3.17. The Bertz CT molecular complexity index is 747. The van der Waals surface area contributed by atoms with E-state index in [-0.39, 0.29) is 18.5 Å². The minimum absolute atomic E-state index is 0.177. The molecule has 2 amide bonds. The zero-order valence-corrected chi connectivity index (χ0v) is 14.0. The van der Waals surface area contributed by atoms with Crippen molar-refractivity contribution in [3.63, 3.8) is 0 Å². The molecule has 25 heavy (non-hydrogen) atoms. The first kappa shape index (κ1) is 16.9. The normalized spacial score (nSPS) is 20.3. The van der Waals surface area contributed by atoms with Crippen molar-refractivity contribution in [2.24, 2.45) is 11.8 Å². The van der Waals surface area contributed by atoms with Crippen LogP contribution in [0.1, 0.15) is 18.9 Å². The number of nitrogens with one attached hydrogen (secondary N) is 1. The molecular formula is C17H21N5O3. The lowest BCUT2D eigenvalue weighted by Crippen LogP contribution is -2.49. The van der Waals surface area contributed by atoms with Crippen LogP contribution in [-0.2, 0) is 11.3 Å². The number of carboxylic acids is 1. The third kappa shape index (κ3) is 4.14. The van der Waals surface area contributed by atoms with Crippen LogP contribution >= 0.6 is 0 Å². The van der Waals surface area contributed by atoms with Gasteiger partial charge in [-0.25, -0.2) is 14.5 Å². The van der Waals surface area contributed by atoms with E-state index in [2.05, 4.69) is 15.4 Å². The third-order valence-electron chi connectivity index (χ3n) is 4.33. The molecule has 0 aliphatic carbocycles. The predicted octanol–water partition coefficient (Wildman–Crippen LogP) is 1.52. The number of aromatic nitrogens is 3. The number of likely N-dealkylation sites (tertiary alicyclic amines) is 1. The van der Waals surface area contributed by atoms with Crippen molar-refractivity contribution in [3.05, 3.63) is 42.5 Å². The van der Waals surface area contributed by atoms with Crippen molar-refractivity contribution in [3.8, 4) is 5.69 Å². The zero-order valence-electron chi connectivity index (χ0n) is 14.0. The minimum Gasteiger partial charge on any atom is -0.481 e. The number of hydrogen-bond donors (Lipinski definition) is 2. The lowest BCUT2D eigenvalue weighted by Gasteiger charge is -2.34. The van der Waals surface area contributed by atoms with E-state index in [9.17, 15) is 14.7 Å². The standard InChI is InChI=1S/C17H21N5O3/c1-12-5-14(16(23)24)9-21(8-12)17(25)19-7-13-3-2-4-15(6-13)22-11-18-10-20-22/h2-4,6,10-12,14H,5,7-9H2,1H3,(H,19,25)(H,23,24). The summed E-state index contributed by atoms with van der Waals surface area (Å²) in [4.78, 5) is 29.1. The summed E-state index contributed by atoms with van der Waals surface area (Å²) in [5.74, 6) is -1.16. The molecule has 1 aliphatic rings. The molecule has 2 unspecified atom stereocenters. The highest BCUT2D eigenvalue weighted by molar-refractivity contribution is 5.76. The molecule has 1 saturated heterocycles. The first-order valence-electron chi connectivity index (χ1n) is 8.22.